The third-order valence-corrected chi connectivity index (χ3v) is 9.37. The van der Waals surface area contributed by atoms with E-state index in [1.165, 1.54) is 24.3 Å². The summed E-state index contributed by atoms with van der Waals surface area (Å²) in [6, 6.07) is 22.5. The number of nitrogens with one attached hydrogen (secondary N) is 2. The van der Waals surface area contributed by atoms with Gasteiger partial charge >= 0.3 is 5.97 Å². The lowest BCUT2D eigenvalue weighted by molar-refractivity contribution is -0.141. The Kier molecular flexibility index (Phi) is 11.0. The lowest BCUT2D eigenvalue weighted by Gasteiger charge is -2.30. The first-order valence-electron chi connectivity index (χ1n) is 14.3. The van der Waals surface area contributed by atoms with Crippen LogP contribution in [0.1, 0.15) is 33.5 Å². The molecule has 0 atom stereocenters. The zero-order valence-corrected chi connectivity index (χ0v) is 27.0. The van der Waals surface area contributed by atoms with Crippen molar-refractivity contribution in [3.63, 3.8) is 0 Å². The predicted molar refractivity (Wildman–Crippen MR) is 179 cm³/mol. The van der Waals surface area contributed by atoms with Crippen molar-refractivity contribution in [2.75, 3.05) is 20.2 Å². The van der Waals surface area contributed by atoms with Gasteiger partial charge in [0, 0.05) is 22.8 Å². The minimum atomic E-state index is -4.35. The van der Waals surface area contributed by atoms with Crippen LogP contribution in [0.2, 0.25) is 0 Å². The second-order valence-corrected chi connectivity index (χ2v) is 12.3. The first-order valence-corrected chi connectivity index (χ1v) is 15.8. The van der Waals surface area contributed by atoms with E-state index < -0.39 is 46.9 Å². The van der Waals surface area contributed by atoms with Gasteiger partial charge in [0.2, 0.25) is 5.91 Å². The Morgan fingerprint density at radius 1 is 0.979 bits per heavy atom. The Labute approximate surface area is 278 Å². The van der Waals surface area contributed by atoms with Crippen molar-refractivity contribution in [1.29, 1.82) is 5.41 Å². The number of hydrogen-bond donors (Lipinski definition) is 3. The first-order chi connectivity index (χ1) is 22.1. The van der Waals surface area contributed by atoms with E-state index in [-0.39, 0.29) is 42.2 Å². The predicted octanol–water partition coefficient (Wildman–Crippen LogP) is 3.46. The number of para-hydroxylation sites is 1. The zero-order chi connectivity index (χ0) is 32.8. The molecule has 1 aliphatic carbocycles. The fourth-order valence-corrected chi connectivity index (χ4v) is 6.91. The highest BCUT2D eigenvalue weighted by Crippen LogP contribution is 2.33. The molecule has 0 radical (unpaired) electrons. The molecule has 1 heterocycles. The van der Waals surface area contributed by atoms with Crippen molar-refractivity contribution in [3.8, 4) is 0 Å². The van der Waals surface area contributed by atoms with Crippen molar-refractivity contribution in [1.82, 2.24) is 19.5 Å². The molecule has 0 saturated heterocycles. The zero-order valence-electron chi connectivity index (χ0n) is 25.4. The number of benzene rings is 3. The second-order valence-electron chi connectivity index (χ2n) is 10.5. The third-order valence-electron chi connectivity index (χ3n) is 7.54. The number of allylic oxidation sites excluding steroid dienone is 1. The van der Waals surface area contributed by atoms with Gasteiger partial charge in [-0.25, -0.2) is 8.42 Å². The van der Waals surface area contributed by atoms with Gasteiger partial charge < -0.3 is 15.8 Å². The molecule has 1 aromatic heterocycles. The summed E-state index contributed by atoms with van der Waals surface area (Å²) in [4.78, 5) is 43.7. The lowest BCUT2D eigenvalue weighted by atomic mass is 9.90. The summed E-state index contributed by atoms with van der Waals surface area (Å²) in [7, 11) is -3.17. The van der Waals surface area contributed by atoms with Gasteiger partial charge in [-0.1, -0.05) is 60.7 Å². The van der Waals surface area contributed by atoms with Gasteiger partial charge in [0.05, 0.1) is 19.2 Å². The van der Waals surface area contributed by atoms with Crippen LogP contribution in [-0.2, 0) is 37.3 Å². The average Bonchev–Trinajstić information content (AvgIpc) is 3.07. The molecule has 47 heavy (non-hydrogen) atoms. The molecule has 0 unspecified atom stereocenters. The average molecular weight is 677 g/mol. The first kappa shape index (κ1) is 34.6. The largest absolute Gasteiger partial charge is 0.468 e. The summed E-state index contributed by atoms with van der Waals surface area (Å²) in [6.07, 6.45) is 3.56. The van der Waals surface area contributed by atoms with E-state index in [1.54, 1.807) is 48.5 Å². The maximum atomic E-state index is 14.3. The van der Waals surface area contributed by atoms with Gasteiger partial charge in [-0.2, -0.15) is 0 Å². The molecule has 0 bridgehead atoms. The Hall–Kier alpha value is -5.27. The molecule has 244 valence electrons. The molecular weight excluding hydrogens is 644 g/mol. The third kappa shape index (κ3) is 7.59. The number of hydrogen-bond acceptors (Lipinski definition) is 8. The number of sulfonamides is 1. The summed E-state index contributed by atoms with van der Waals surface area (Å²) < 4.78 is 34.1. The summed E-state index contributed by atoms with van der Waals surface area (Å²) in [5.74, 6) is -2.26. The van der Waals surface area contributed by atoms with Crippen molar-refractivity contribution in [2.24, 2.45) is 5.73 Å². The van der Waals surface area contributed by atoms with E-state index in [1.807, 2.05) is 30.3 Å². The Balaban J connectivity index is 0.00000500. The van der Waals surface area contributed by atoms with Crippen molar-refractivity contribution in [2.45, 2.75) is 24.3 Å². The van der Waals surface area contributed by atoms with Gasteiger partial charge in [0.25, 0.3) is 15.9 Å². The number of amides is 2. The molecule has 2 amide bonds. The van der Waals surface area contributed by atoms with E-state index in [2.05, 4.69) is 15.0 Å². The summed E-state index contributed by atoms with van der Waals surface area (Å²) in [5, 5.41) is 11.1. The number of guanidine groups is 1. The van der Waals surface area contributed by atoms with Gasteiger partial charge in [-0.3, -0.25) is 34.0 Å². The monoisotopic (exact) mass is 676 g/mol. The van der Waals surface area contributed by atoms with Gasteiger partial charge in [0.1, 0.15) is 18.0 Å². The molecule has 1 aliphatic rings. The Morgan fingerprint density at radius 3 is 2.43 bits per heavy atom. The molecule has 5 rings (SSSR count). The van der Waals surface area contributed by atoms with E-state index in [4.69, 9.17) is 11.1 Å². The van der Waals surface area contributed by atoms with Crippen LogP contribution in [0.4, 0.5) is 0 Å². The normalized spacial score (nSPS) is 12.1. The van der Waals surface area contributed by atoms with E-state index in [0.717, 1.165) is 9.87 Å². The fraction of sp³-hybridized carbons (Fsp3) is 0.182. The number of carbonyl (C=O) groups excluding carboxylic acids is 3. The second kappa shape index (κ2) is 14.9. The molecule has 12 nitrogen and oxygen atoms in total. The molecule has 3 aromatic carbocycles. The highest BCUT2D eigenvalue weighted by Gasteiger charge is 2.33. The van der Waals surface area contributed by atoms with Crippen LogP contribution in [0.15, 0.2) is 95.7 Å². The molecule has 4 N–H and O–H groups in total. The van der Waals surface area contributed by atoms with Gasteiger partial charge in [-0.15, -0.1) is 12.4 Å². The van der Waals surface area contributed by atoms with Crippen molar-refractivity contribution in [3.05, 3.63) is 113 Å². The highest BCUT2D eigenvalue weighted by molar-refractivity contribution is 7.89. The van der Waals surface area contributed by atoms with Crippen molar-refractivity contribution < 1.29 is 27.5 Å². The standard InChI is InChI=1S/C33H32N6O6S.ClH/c1-45-30(41)19-37-29(40)21-39(46(43,44)28-14-6-10-23-12-7-17-36-31(23)28)25-15-16-26-24(18-25)11-5-13-27(26)32(42)38(33(34)35)20-22-8-3-2-4-9-22;/h2-14,17-18H,15-16,19-21H2,1H3,(H3,34,35)(H,37,40);1H. The molecule has 0 saturated carbocycles. The number of ether oxygens (including phenoxy) is 1. The molecule has 0 spiro atoms. The SMILES string of the molecule is COC(=O)CNC(=O)CN(C1=Cc2cccc(C(=O)N(Cc3ccccc3)C(=N)N)c2CC1)S(=O)(=O)c1cccc2cccnc12.Cl. The van der Waals surface area contributed by atoms with Crippen LogP contribution in [-0.4, -0.2) is 66.5 Å². The molecule has 14 heteroatoms. The topological polar surface area (TPSA) is 176 Å². The minimum absolute atomic E-state index is 0. The molecule has 0 fully saturated rings. The molecule has 4 aromatic rings. The van der Waals surface area contributed by atoms with Crippen LogP contribution in [0, 0.1) is 5.41 Å². The van der Waals surface area contributed by atoms with E-state index >= 15 is 0 Å². The number of nitrogens with zero attached hydrogens (tertiary/aromatic N) is 3. The molecular formula is C33H33ClN6O6S. The van der Waals surface area contributed by atoms with Crippen molar-refractivity contribution >= 4 is 63.2 Å². The van der Waals surface area contributed by atoms with Crippen LogP contribution in [0.25, 0.3) is 17.0 Å². The number of esters is 1. The summed E-state index contributed by atoms with van der Waals surface area (Å²) in [6.45, 7) is -0.939. The number of pyridine rings is 1. The maximum absolute atomic E-state index is 14.3. The number of fused-ring (bicyclic) bond motifs is 2. The maximum Gasteiger partial charge on any atom is 0.325 e. The van der Waals surface area contributed by atoms with Crippen LogP contribution < -0.4 is 11.1 Å². The van der Waals surface area contributed by atoms with Gasteiger partial charge in [0.15, 0.2) is 5.96 Å². The number of rotatable bonds is 10. The number of aromatic nitrogens is 1. The number of methoxy groups -OCH3 is 1. The quantitative estimate of drug-likeness (QED) is 0.130. The van der Waals surface area contributed by atoms with Crippen LogP contribution in [0.5, 0.6) is 0 Å². The summed E-state index contributed by atoms with van der Waals surface area (Å²) in [5.41, 5.74) is 8.77. The number of nitrogens with two attached hydrogens (primary N) is 1. The van der Waals surface area contributed by atoms with Crippen LogP contribution in [0.3, 0.4) is 0 Å². The van der Waals surface area contributed by atoms with Gasteiger partial charge in [-0.05, 0) is 53.8 Å². The van der Waals surface area contributed by atoms with Crippen LogP contribution >= 0.6 is 12.4 Å². The number of carbonyl (C=O) groups is 3. The smallest absolute Gasteiger partial charge is 0.325 e. The lowest BCUT2D eigenvalue weighted by Crippen LogP contribution is -2.42. The highest BCUT2D eigenvalue weighted by atomic mass is 35.5. The minimum Gasteiger partial charge on any atom is -0.468 e. The Bertz CT molecular complexity index is 1960. The Morgan fingerprint density at radius 2 is 1.70 bits per heavy atom. The summed E-state index contributed by atoms with van der Waals surface area (Å²) >= 11 is 0. The van der Waals surface area contributed by atoms with E-state index in [9.17, 15) is 22.8 Å². The fourth-order valence-electron chi connectivity index (χ4n) is 5.27. The molecule has 0 aliphatic heterocycles. The number of halogens is 1. The van der Waals surface area contributed by atoms with E-state index in [0.29, 0.717) is 27.8 Å².